The first-order chi connectivity index (χ1) is 9.49. The molecule has 0 spiro atoms. The van der Waals surface area contributed by atoms with Crippen molar-refractivity contribution in [3.05, 3.63) is 36.5 Å². The van der Waals surface area contributed by atoms with E-state index in [9.17, 15) is 4.79 Å². The number of amides is 1. The summed E-state index contributed by atoms with van der Waals surface area (Å²) >= 11 is 0. The monoisotopic (exact) mass is 272 g/mol. The van der Waals surface area contributed by atoms with Gasteiger partial charge in [-0.25, -0.2) is 4.68 Å². The Morgan fingerprint density at radius 3 is 2.45 bits per heavy atom. The van der Waals surface area contributed by atoms with Gasteiger partial charge in [0.15, 0.2) is 0 Å². The third-order valence-electron chi connectivity index (χ3n) is 3.45. The summed E-state index contributed by atoms with van der Waals surface area (Å²) in [6.45, 7) is 5.98. The molecule has 20 heavy (non-hydrogen) atoms. The molecule has 106 valence electrons. The molecule has 0 aliphatic carbocycles. The maximum atomic E-state index is 12.1. The predicted molar refractivity (Wildman–Crippen MR) is 80.6 cm³/mol. The van der Waals surface area contributed by atoms with Crippen LogP contribution in [0.4, 0.5) is 11.5 Å². The van der Waals surface area contributed by atoms with Crippen LogP contribution in [0.5, 0.6) is 0 Å². The van der Waals surface area contributed by atoms with E-state index in [1.54, 1.807) is 29.1 Å². The molecule has 0 radical (unpaired) electrons. The number of aromatic nitrogens is 2. The minimum Gasteiger partial charge on any atom is -0.399 e. The Balaban J connectivity index is 2.21. The highest BCUT2D eigenvalue weighted by Crippen LogP contribution is 2.18. The van der Waals surface area contributed by atoms with E-state index >= 15 is 0 Å². The highest BCUT2D eigenvalue weighted by atomic mass is 16.2. The molecule has 1 atom stereocenters. The van der Waals surface area contributed by atoms with Crippen LogP contribution in [0.15, 0.2) is 36.5 Å². The number of nitrogen functional groups attached to an aromatic ring is 1. The van der Waals surface area contributed by atoms with Crippen LogP contribution in [0.2, 0.25) is 0 Å². The van der Waals surface area contributed by atoms with Gasteiger partial charge in [-0.1, -0.05) is 20.8 Å². The van der Waals surface area contributed by atoms with E-state index in [0.717, 1.165) is 5.69 Å². The molecule has 0 aliphatic rings. The summed E-state index contributed by atoms with van der Waals surface area (Å²) in [6, 6.07) is 9.12. The molecule has 0 bridgehead atoms. The maximum absolute atomic E-state index is 12.1. The lowest BCUT2D eigenvalue weighted by Gasteiger charge is -2.16. The Morgan fingerprint density at radius 1 is 1.20 bits per heavy atom. The number of nitrogens with two attached hydrogens (primary N) is 1. The summed E-state index contributed by atoms with van der Waals surface area (Å²) < 4.78 is 1.68. The molecule has 1 unspecified atom stereocenters. The van der Waals surface area contributed by atoms with E-state index in [2.05, 4.69) is 10.4 Å². The Kier molecular flexibility index (Phi) is 4.08. The third kappa shape index (κ3) is 2.99. The molecule has 3 N–H and O–H groups in total. The average molecular weight is 272 g/mol. The first kappa shape index (κ1) is 14.1. The lowest BCUT2D eigenvalue weighted by atomic mass is 9.97. The summed E-state index contributed by atoms with van der Waals surface area (Å²) in [6.07, 6.45) is 1.66. The number of nitrogens with zero attached hydrogens (tertiary/aromatic N) is 2. The van der Waals surface area contributed by atoms with Gasteiger partial charge in [-0.15, -0.1) is 0 Å². The molecular formula is C15H20N4O. The molecule has 0 saturated heterocycles. The first-order valence-corrected chi connectivity index (χ1v) is 6.70. The highest BCUT2D eigenvalue weighted by molar-refractivity contribution is 5.91. The van der Waals surface area contributed by atoms with Gasteiger partial charge >= 0.3 is 0 Å². The van der Waals surface area contributed by atoms with E-state index in [0.29, 0.717) is 17.4 Å². The minimum absolute atomic E-state index is 0.00260. The Hall–Kier alpha value is -2.30. The number of rotatable bonds is 4. The Bertz CT molecular complexity index is 586. The lowest BCUT2D eigenvalue weighted by Crippen LogP contribution is -2.25. The van der Waals surface area contributed by atoms with Crippen LogP contribution in [-0.4, -0.2) is 15.7 Å². The van der Waals surface area contributed by atoms with Crippen molar-refractivity contribution in [2.24, 2.45) is 11.8 Å². The SMILES string of the molecule is CC(C)C(C)C(=O)Nc1ccnn1-c1ccc(N)cc1. The molecule has 0 fully saturated rings. The van der Waals surface area contributed by atoms with Gasteiger partial charge in [-0.3, -0.25) is 4.79 Å². The van der Waals surface area contributed by atoms with Crippen molar-refractivity contribution in [1.82, 2.24) is 9.78 Å². The largest absolute Gasteiger partial charge is 0.399 e. The zero-order chi connectivity index (χ0) is 14.7. The van der Waals surface area contributed by atoms with Gasteiger partial charge in [-0.2, -0.15) is 5.10 Å². The number of hydrogen-bond donors (Lipinski definition) is 2. The van der Waals surface area contributed by atoms with Crippen molar-refractivity contribution in [3.8, 4) is 5.69 Å². The number of carbonyl (C=O) groups excluding carboxylic acids is 1. The van der Waals surface area contributed by atoms with Gasteiger partial charge in [0.2, 0.25) is 5.91 Å². The van der Waals surface area contributed by atoms with Gasteiger partial charge in [0.25, 0.3) is 0 Å². The van der Waals surface area contributed by atoms with Crippen molar-refractivity contribution >= 4 is 17.4 Å². The van der Waals surface area contributed by atoms with Crippen molar-refractivity contribution in [1.29, 1.82) is 0 Å². The van der Waals surface area contributed by atoms with Gasteiger partial charge in [0, 0.05) is 17.7 Å². The Labute approximate surface area is 118 Å². The van der Waals surface area contributed by atoms with Crippen LogP contribution in [0.3, 0.4) is 0 Å². The van der Waals surface area contributed by atoms with Crippen molar-refractivity contribution in [2.75, 3.05) is 11.1 Å². The zero-order valence-electron chi connectivity index (χ0n) is 12.0. The molecule has 1 amide bonds. The van der Waals surface area contributed by atoms with Gasteiger partial charge < -0.3 is 11.1 Å². The Morgan fingerprint density at radius 2 is 1.85 bits per heavy atom. The van der Waals surface area contributed by atoms with E-state index in [1.807, 2.05) is 32.9 Å². The summed E-state index contributed by atoms with van der Waals surface area (Å²) in [5.74, 6) is 0.900. The quantitative estimate of drug-likeness (QED) is 0.840. The number of nitrogens with one attached hydrogen (secondary N) is 1. The molecular weight excluding hydrogens is 252 g/mol. The van der Waals surface area contributed by atoms with Gasteiger partial charge in [0.05, 0.1) is 11.9 Å². The van der Waals surface area contributed by atoms with Crippen molar-refractivity contribution in [2.45, 2.75) is 20.8 Å². The molecule has 2 rings (SSSR count). The van der Waals surface area contributed by atoms with Crippen LogP contribution >= 0.6 is 0 Å². The van der Waals surface area contributed by atoms with Crippen molar-refractivity contribution in [3.63, 3.8) is 0 Å². The minimum atomic E-state index is -0.0511. The molecule has 2 aromatic rings. The van der Waals surface area contributed by atoms with Crippen LogP contribution < -0.4 is 11.1 Å². The molecule has 5 heteroatoms. The fourth-order valence-electron chi connectivity index (χ4n) is 1.76. The zero-order valence-corrected chi connectivity index (χ0v) is 12.0. The molecule has 5 nitrogen and oxygen atoms in total. The summed E-state index contributed by atoms with van der Waals surface area (Å²) in [5.41, 5.74) is 7.22. The fourth-order valence-corrected chi connectivity index (χ4v) is 1.76. The van der Waals surface area contributed by atoms with Crippen LogP contribution in [0, 0.1) is 11.8 Å². The number of hydrogen-bond acceptors (Lipinski definition) is 3. The number of carbonyl (C=O) groups is 1. The van der Waals surface area contributed by atoms with Gasteiger partial charge in [0.1, 0.15) is 5.82 Å². The second kappa shape index (κ2) is 5.77. The molecule has 1 aromatic carbocycles. The third-order valence-corrected chi connectivity index (χ3v) is 3.45. The normalized spacial score (nSPS) is 12.4. The smallest absolute Gasteiger partial charge is 0.228 e. The van der Waals surface area contributed by atoms with Crippen molar-refractivity contribution < 1.29 is 4.79 Å². The lowest BCUT2D eigenvalue weighted by molar-refractivity contribution is -0.120. The molecule has 0 aliphatic heterocycles. The summed E-state index contributed by atoms with van der Waals surface area (Å²) in [5, 5.41) is 7.15. The van der Waals surface area contributed by atoms with E-state index < -0.39 is 0 Å². The van der Waals surface area contributed by atoms with E-state index in [4.69, 9.17) is 5.73 Å². The van der Waals surface area contributed by atoms with Crippen LogP contribution in [0.1, 0.15) is 20.8 Å². The van der Waals surface area contributed by atoms with Gasteiger partial charge in [-0.05, 0) is 30.2 Å². The molecule has 1 aromatic heterocycles. The summed E-state index contributed by atoms with van der Waals surface area (Å²) in [4.78, 5) is 12.1. The maximum Gasteiger partial charge on any atom is 0.228 e. The molecule has 0 saturated carbocycles. The fraction of sp³-hybridized carbons (Fsp3) is 0.333. The second-order valence-electron chi connectivity index (χ2n) is 5.24. The second-order valence-corrected chi connectivity index (χ2v) is 5.24. The average Bonchev–Trinajstić information content (AvgIpc) is 2.86. The standard InChI is InChI=1S/C15H20N4O/c1-10(2)11(3)15(20)18-14-8-9-17-19(14)13-6-4-12(16)5-7-13/h4-11H,16H2,1-3H3,(H,18,20). The summed E-state index contributed by atoms with van der Waals surface area (Å²) in [7, 11) is 0. The van der Waals surface area contributed by atoms with Crippen LogP contribution in [0.25, 0.3) is 5.69 Å². The highest BCUT2D eigenvalue weighted by Gasteiger charge is 2.18. The van der Waals surface area contributed by atoms with E-state index in [1.165, 1.54) is 0 Å². The van der Waals surface area contributed by atoms with E-state index in [-0.39, 0.29) is 11.8 Å². The molecule has 1 heterocycles. The topological polar surface area (TPSA) is 72.9 Å². The van der Waals surface area contributed by atoms with Crippen LogP contribution in [-0.2, 0) is 4.79 Å². The number of benzene rings is 1. The first-order valence-electron chi connectivity index (χ1n) is 6.70. The number of anilines is 2. The predicted octanol–water partition coefficient (Wildman–Crippen LogP) is 2.69.